The van der Waals surface area contributed by atoms with Crippen LogP contribution in [0.4, 0.5) is 0 Å². The Hall–Kier alpha value is -2.57. The molecule has 2 aromatic rings. The monoisotopic (exact) mass is 458 g/mol. The number of nitrogens with zero attached hydrogens (tertiary/aromatic N) is 1. The Bertz CT molecular complexity index is 1000. The molecule has 1 aliphatic heterocycles. The topological polar surface area (TPSA) is 50.8 Å². The number of ether oxygens (including phenoxy) is 2. The lowest BCUT2D eigenvalue weighted by Crippen LogP contribution is -2.47. The summed E-state index contributed by atoms with van der Waals surface area (Å²) in [6.07, 6.45) is 0.931. The van der Waals surface area contributed by atoms with Crippen molar-refractivity contribution in [1.29, 1.82) is 0 Å². The van der Waals surface area contributed by atoms with Crippen LogP contribution in [0.2, 0.25) is 5.02 Å². The summed E-state index contributed by atoms with van der Waals surface area (Å²) in [7, 11) is 1.60. The SMILES string of the molecule is CCCN1C(=S)NC(c2ccc(OC)c(OCc3ccc(Cl)cc3)c2)C(C(C)=O)=C1C. The average molecular weight is 459 g/mol. The van der Waals surface area contributed by atoms with Gasteiger partial charge in [0.1, 0.15) is 6.61 Å². The Morgan fingerprint density at radius 2 is 1.90 bits per heavy atom. The van der Waals surface area contributed by atoms with Crippen molar-refractivity contribution < 1.29 is 14.3 Å². The van der Waals surface area contributed by atoms with Crippen LogP contribution in [0.5, 0.6) is 11.5 Å². The molecule has 5 nitrogen and oxygen atoms in total. The normalized spacial score (nSPS) is 16.2. The number of hydrogen-bond acceptors (Lipinski definition) is 4. The Morgan fingerprint density at radius 3 is 2.52 bits per heavy atom. The number of methoxy groups -OCH3 is 1. The van der Waals surface area contributed by atoms with Crippen LogP contribution in [-0.2, 0) is 11.4 Å². The second kappa shape index (κ2) is 10.2. The van der Waals surface area contributed by atoms with E-state index in [9.17, 15) is 4.79 Å². The Labute approximate surface area is 194 Å². The van der Waals surface area contributed by atoms with Crippen molar-refractivity contribution in [1.82, 2.24) is 10.2 Å². The molecule has 7 heteroatoms. The van der Waals surface area contributed by atoms with E-state index in [4.69, 9.17) is 33.3 Å². The second-order valence-electron chi connectivity index (χ2n) is 7.41. The van der Waals surface area contributed by atoms with E-state index in [1.54, 1.807) is 14.0 Å². The molecule has 164 valence electrons. The molecule has 3 rings (SSSR count). The van der Waals surface area contributed by atoms with Gasteiger partial charge in [0.15, 0.2) is 22.4 Å². The fourth-order valence-corrected chi connectivity index (χ4v) is 4.18. The van der Waals surface area contributed by atoms with Crippen molar-refractivity contribution in [3.8, 4) is 11.5 Å². The Morgan fingerprint density at radius 1 is 1.19 bits per heavy atom. The van der Waals surface area contributed by atoms with E-state index < -0.39 is 0 Å². The number of halogens is 1. The van der Waals surface area contributed by atoms with E-state index in [0.29, 0.717) is 33.8 Å². The predicted molar refractivity (Wildman–Crippen MR) is 128 cm³/mol. The average Bonchev–Trinajstić information content (AvgIpc) is 2.75. The van der Waals surface area contributed by atoms with E-state index >= 15 is 0 Å². The van der Waals surface area contributed by atoms with Gasteiger partial charge in [0.2, 0.25) is 0 Å². The van der Waals surface area contributed by atoms with Crippen LogP contribution < -0.4 is 14.8 Å². The summed E-state index contributed by atoms with van der Waals surface area (Å²) in [5, 5.41) is 4.64. The Balaban J connectivity index is 1.94. The van der Waals surface area contributed by atoms with Gasteiger partial charge >= 0.3 is 0 Å². The zero-order valence-electron chi connectivity index (χ0n) is 18.2. The molecule has 1 N–H and O–H groups in total. The van der Waals surface area contributed by atoms with E-state index in [-0.39, 0.29) is 11.8 Å². The van der Waals surface area contributed by atoms with E-state index in [1.807, 2.05) is 54.3 Å². The van der Waals surface area contributed by atoms with Crippen molar-refractivity contribution in [3.05, 3.63) is 69.9 Å². The Kier molecular flexibility index (Phi) is 7.57. The number of allylic oxidation sites excluding steroid dienone is 1. The maximum absolute atomic E-state index is 12.6. The molecule has 0 amide bonds. The lowest BCUT2D eigenvalue weighted by molar-refractivity contribution is -0.114. The highest BCUT2D eigenvalue weighted by molar-refractivity contribution is 7.80. The van der Waals surface area contributed by atoms with E-state index in [1.165, 1.54) is 0 Å². The number of carbonyl (C=O) groups excluding carboxylic acids is 1. The molecular weight excluding hydrogens is 432 g/mol. The minimum absolute atomic E-state index is 0.0121. The van der Waals surface area contributed by atoms with Gasteiger partial charge in [0.25, 0.3) is 0 Å². The smallest absolute Gasteiger partial charge is 0.173 e. The van der Waals surface area contributed by atoms with Crippen LogP contribution in [0.3, 0.4) is 0 Å². The van der Waals surface area contributed by atoms with Gasteiger partial charge in [-0.05, 0) is 67.9 Å². The molecule has 0 radical (unpaired) electrons. The predicted octanol–water partition coefficient (Wildman–Crippen LogP) is 5.43. The summed E-state index contributed by atoms with van der Waals surface area (Å²) in [5.74, 6) is 1.23. The number of ketones is 1. The molecule has 0 saturated heterocycles. The molecular formula is C24H27ClN2O3S. The summed E-state index contributed by atoms with van der Waals surface area (Å²) >= 11 is 11.6. The van der Waals surface area contributed by atoms with E-state index in [2.05, 4.69) is 12.2 Å². The van der Waals surface area contributed by atoms with Crippen LogP contribution in [0.25, 0.3) is 0 Å². The molecule has 1 atom stereocenters. The summed E-state index contributed by atoms with van der Waals surface area (Å²) < 4.78 is 11.5. The molecule has 2 aromatic carbocycles. The van der Waals surface area contributed by atoms with Crippen molar-refractivity contribution in [2.24, 2.45) is 0 Å². The van der Waals surface area contributed by atoms with Crippen LogP contribution in [-0.4, -0.2) is 29.5 Å². The minimum atomic E-state index is -0.345. The fraction of sp³-hybridized carbons (Fsp3) is 0.333. The summed E-state index contributed by atoms with van der Waals surface area (Å²) in [6.45, 7) is 6.76. The summed E-state index contributed by atoms with van der Waals surface area (Å²) in [5.41, 5.74) is 3.47. The lowest BCUT2D eigenvalue weighted by atomic mass is 9.92. The highest BCUT2D eigenvalue weighted by atomic mass is 35.5. The second-order valence-corrected chi connectivity index (χ2v) is 8.24. The third-order valence-electron chi connectivity index (χ3n) is 5.25. The molecule has 0 aromatic heterocycles. The molecule has 31 heavy (non-hydrogen) atoms. The standard InChI is InChI=1S/C24H27ClN2O3S/c1-5-12-27-15(2)22(16(3)28)23(26-24(27)31)18-8-11-20(29-4)21(13-18)30-14-17-6-9-19(25)10-7-17/h6-11,13,23H,5,12,14H2,1-4H3,(H,26,31). The zero-order chi connectivity index (χ0) is 22.5. The first-order valence-electron chi connectivity index (χ1n) is 10.2. The number of thiocarbonyl (C=S) groups is 1. The van der Waals surface area contributed by atoms with Gasteiger partial charge < -0.3 is 19.7 Å². The largest absolute Gasteiger partial charge is 0.493 e. The third kappa shape index (κ3) is 5.20. The molecule has 0 fully saturated rings. The maximum atomic E-state index is 12.6. The molecule has 0 bridgehead atoms. The van der Waals surface area contributed by atoms with Gasteiger partial charge in [0, 0.05) is 22.8 Å². The molecule has 1 aliphatic rings. The van der Waals surface area contributed by atoms with Crippen LogP contribution in [0, 0.1) is 0 Å². The maximum Gasteiger partial charge on any atom is 0.173 e. The minimum Gasteiger partial charge on any atom is -0.493 e. The number of hydrogen-bond donors (Lipinski definition) is 1. The van der Waals surface area contributed by atoms with Gasteiger partial charge in [-0.1, -0.05) is 36.7 Å². The van der Waals surface area contributed by atoms with Crippen LogP contribution in [0.15, 0.2) is 53.7 Å². The van der Waals surface area contributed by atoms with Gasteiger partial charge in [-0.2, -0.15) is 0 Å². The van der Waals surface area contributed by atoms with Crippen LogP contribution >= 0.6 is 23.8 Å². The van der Waals surface area contributed by atoms with Crippen molar-refractivity contribution in [2.45, 2.75) is 39.8 Å². The number of carbonyl (C=O) groups is 1. The number of nitrogens with one attached hydrogen (secondary N) is 1. The van der Waals surface area contributed by atoms with Crippen LogP contribution in [0.1, 0.15) is 44.4 Å². The third-order valence-corrected chi connectivity index (χ3v) is 5.84. The molecule has 1 heterocycles. The zero-order valence-corrected chi connectivity index (χ0v) is 19.8. The van der Waals surface area contributed by atoms with Crippen molar-refractivity contribution in [3.63, 3.8) is 0 Å². The van der Waals surface area contributed by atoms with Gasteiger partial charge in [-0.3, -0.25) is 4.79 Å². The summed E-state index contributed by atoms with van der Waals surface area (Å²) in [6, 6.07) is 12.8. The number of Topliss-reactive ketones (excluding diaryl/α,β-unsaturated/α-hetero) is 1. The number of rotatable bonds is 8. The highest BCUT2D eigenvalue weighted by Gasteiger charge is 2.32. The fourth-order valence-electron chi connectivity index (χ4n) is 3.71. The lowest BCUT2D eigenvalue weighted by Gasteiger charge is -2.37. The van der Waals surface area contributed by atoms with E-state index in [0.717, 1.165) is 29.8 Å². The quantitative estimate of drug-likeness (QED) is 0.532. The molecule has 0 spiro atoms. The van der Waals surface area contributed by atoms with Crippen molar-refractivity contribution in [2.75, 3.05) is 13.7 Å². The molecule has 0 saturated carbocycles. The first kappa shape index (κ1) is 23.1. The highest BCUT2D eigenvalue weighted by Crippen LogP contribution is 2.36. The van der Waals surface area contributed by atoms with Gasteiger partial charge in [0.05, 0.1) is 13.2 Å². The first-order valence-corrected chi connectivity index (χ1v) is 11.0. The van der Waals surface area contributed by atoms with Crippen molar-refractivity contribution >= 4 is 34.7 Å². The first-order chi connectivity index (χ1) is 14.8. The molecule has 1 unspecified atom stereocenters. The molecule has 0 aliphatic carbocycles. The van der Waals surface area contributed by atoms with Gasteiger partial charge in [-0.15, -0.1) is 0 Å². The number of benzene rings is 2. The summed E-state index contributed by atoms with van der Waals surface area (Å²) in [4.78, 5) is 14.6. The van der Waals surface area contributed by atoms with Gasteiger partial charge in [-0.25, -0.2) is 0 Å².